The van der Waals surface area contributed by atoms with Crippen LogP contribution in [0.3, 0.4) is 0 Å². The van der Waals surface area contributed by atoms with Crippen molar-refractivity contribution < 1.29 is 32.6 Å². The van der Waals surface area contributed by atoms with E-state index in [0.29, 0.717) is 36.9 Å². The van der Waals surface area contributed by atoms with Gasteiger partial charge in [0.2, 0.25) is 11.8 Å². The Morgan fingerprint density at radius 3 is 2.25 bits per heavy atom. The highest BCUT2D eigenvalue weighted by Crippen LogP contribution is 2.39. The van der Waals surface area contributed by atoms with Crippen molar-refractivity contribution in [1.82, 2.24) is 20.1 Å². The van der Waals surface area contributed by atoms with Crippen molar-refractivity contribution in [3.05, 3.63) is 53.3 Å². The quantitative estimate of drug-likeness (QED) is 0.274. The maximum atomic E-state index is 14.0. The number of amides is 3. The first-order chi connectivity index (χ1) is 23.3. The average molecular weight is 667 g/mol. The van der Waals surface area contributed by atoms with Gasteiger partial charge in [-0.3, -0.25) is 14.4 Å². The Kier molecular flexibility index (Phi) is 11.1. The Labute approximate surface area is 281 Å². The Balaban J connectivity index is 1.12. The first kappa shape index (κ1) is 34.1. The van der Waals surface area contributed by atoms with Crippen molar-refractivity contribution in [3.8, 4) is 11.5 Å². The maximum Gasteiger partial charge on any atom is 0.387 e. The van der Waals surface area contributed by atoms with E-state index in [1.807, 2.05) is 6.07 Å². The number of ether oxygens (including phenoxy) is 2. The summed E-state index contributed by atoms with van der Waals surface area (Å²) >= 11 is 0. The number of hydrogen-bond acceptors (Lipinski definition) is 6. The molecule has 11 heteroatoms. The van der Waals surface area contributed by atoms with Gasteiger partial charge in [-0.2, -0.15) is 8.78 Å². The van der Waals surface area contributed by atoms with E-state index in [9.17, 15) is 23.2 Å². The van der Waals surface area contributed by atoms with E-state index in [0.717, 1.165) is 69.8 Å². The fourth-order valence-corrected chi connectivity index (χ4v) is 7.72. The molecule has 3 amide bonds. The van der Waals surface area contributed by atoms with Gasteiger partial charge in [-0.1, -0.05) is 50.7 Å². The zero-order valence-electron chi connectivity index (χ0n) is 27.9. The normalized spacial score (nSPS) is 22.0. The lowest BCUT2D eigenvalue weighted by Gasteiger charge is -2.41. The molecule has 3 saturated carbocycles. The Hall–Kier alpha value is -3.76. The molecule has 48 heavy (non-hydrogen) atoms. The summed E-state index contributed by atoms with van der Waals surface area (Å²) in [6.45, 7) is -0.678. The van der Waals surface area contributed by atoms with E-state index in [2.05, 4.69) is 15.0 Å². The molecule has 4 fully saturated rings. The second kappa shape index (κ2) is 15.6. The molecule has 260 valence electrons. The summed E-state index contributed by atoms with van der Waals surface area (Å²) in [5.41, 5.74) is 1.78. The number of benzene rings is 1. The summed E-state index contributed by atoms with van der Waals surface area (Å²) in [5, 5.41) is 2.95. The van der Waals surface area contributed by atoms with E-state index >= 15 is 0 Å². The zero-order chi connectivity index (χ0) is 33.6. The van der Waals surface area contributed by atoms with Gasteiger partial charge in [-0.05, 0) is 80.7 Å². The molecule has 3 aliphatic carbocycles. The largest absolute Gasteiger partial charge is 0.489 e. The maximum absolute atomic E-state index is 14.0. The Bertz CT molecular complexity index is 1420. The minimum absolute atomic E-state index is 0.0196. The number of aromatic nitrogens is 1. The van der Waals surface area contributed by atoms with Crippen molar-refractivity contribution in [2.75, 3.05) is 13.2 Å². The monoisotopic (exact) mass is 666 g/mol. The molecule has 4 aliphatic rings. The second-order valence-electron chi connectivity index (χ2n) is 14.0. The molecule has 0 radical (unpaired) electrons. The van der Waals surface area contributed by atoms with Gasteiger partial charge >= 0.3 is 6.61 Å². The topological polar surface area (TPSA) is 101 Å². The molecule has 2 atom stereocenters. The molecule has 1 aromatic carbocycles. The highest BCUT2D eigenvalue weighted by molar-refractivity contribution is 5.93. The molecule has 1 saturated heterocycles. The van der Waals surface area contributed by atoms with Gasteiger partial charge in [-0.15, -0.1) is 0 Å². The number of alkyl halides is 2. The lowest BCUT2D eigenvalue weighted by molar-refractivity contribution is -0.136. The molecule has 1 aromatic heterocycles. The standard InChI is InChI=1S/C37H48F2N4O5/c1-24(44)42-22-27(26-17-18-33(48-37(38)39)34(20-26)47-23-25-15-16-25)19-32(42)35(45)40-21-28-9-8-14-31(41-28)36(46)43(29-10-4-2-5-11-29)30-12-6-3-7-13-30/h8-9,14,17-18,20,25,27,29-30,32,37H,2-7,10-13,15-16,19,21-23H2,1H3,(H,40,45)/t27?,32-/m1/s1. The van der Waals surface area contributed by atoms with Crippen LogP contribution in [0.1, 0.15) is 118 Å². The number of halogens is 2. The number of carbonyl (C=O) groups excluding carboxylic acids is 3. The van der Waals surface area contributed by atoms with Crippen molar-refractivity contribution in [1.29, 1.82) is 0 Å². The third-order valence-electron chi connectivity index (χ3n) is 10.5. The first-order valence-corrected chi connectivity index (χ1v) is 17.8. The first-order valence-electron chi connectivity index (χ1n) is 17.8. The third kappa shape index (κ3) is 8.44. The smallest absolute Gasteiger partial charge is 0.387 e. The van der Waals surface area contributed by atoms with Crippen LogP contribution in [0.15, 0.2) is 36.4 Å². The van der Waals surface area contributed by atoms with Crippen LogP contribution in [-0.4, -0.2) is 70.4 Å². The van der Waals surface area contributed by atoms with Crippen LogP contribution < -0.4 is 14.8 Å². The molecule has 2 heterocycles. The van der Waals surface area contributed by atoms with E-state index in [4.69, 9.17) is 9.72 Å². The van der Waals surface area contributed by atoms with E-state index in [1.54, 1.807) is 29.2 Å². The minimum Gasteiger partial charge on any atom is -0.489 e. The number of likely N-dealkylation sites (tertiary alicyclic amines) is 1. The van der Waals surface area contributed by atoms with Crippen molar-refractivity contribution >= 4 is 17.7 Å². The molecule has 6 rings (SSSR count). The lowest BCUT2D eigenvalue weighted by atomic mass is 9.88. The zero-order valence-corrected chi connectivity index (χ0v) is 27.9. The number of nitrogens with zero attached hydrogens (tertiary/aromatic N) is 3. The molecule has 9 nitrogen and oxygen atoms in total. The number of pyridine rings is 1. The summed E-state index contributed by atoms with van der Waals surface area (Å²) < 4.78 is 36.6. The fourth-order valence-electron chi connectivity index (χ4n) is 7.72. The lowest BCUT2D eigenvalue weighted by Crippen LogP contribution is -2.49. The van der Waals surface area contributed by atoms with Gasteiger partial charge in [0.1, 0.15) is 11.7 Å². The number of nitrogens with one attached hydrogen (secondary N) is 1. The Morgan fingerprint density at radius 1 is 0.938 bits per heavy atom. The van der Waals surface area contributed by atoms with Gasteiger partial charge in [-0.25, -0.2) is 4.98 Å². The third-order valence-corrected chi connectivity index (χ3v) is 10.5. The average Bonchev–Trinajstić information content (AvgIpc) is 3.82. The predicted molar refractivity (Wildman–Crippen MR) is 176 cm³/mol. The molecule has 1 unspecified atom stereocenters. The van der Waals surface area contributed by atoms with Crippen molar-refractivity contribution in [3.63, 3.8) is 0 Å². The van der Waals surface area contributed by atoms with Gasteiger partial charge in [0, 0.05) is 31.5 Å². The van der Waals surface area contributed by atoms with E-state index in [1.165, 1.54) is 25.8 Å². The van der Waals surface area contributed by atoms with Crippen LogP contribution in [-0.2, 0) is 16.1 Å². The van der Waals surface area contributed by atoms with Gasteiger partial charge < -0.3 is 24.6 Å². The number of rotatable bonds is 12. The molecule has 0 bridgehead atoms. The summed E-state index contributed by atoms with van der Waals surface area (Å²) in [5.74, 6) is -0.113. The van der Waals surface area contributed by atoms with Gasteiger partial charge in [0.25, 0.3) is 5.91 Å². The van der Waals surface area contributed by atoms with Gasteiger partial charge in [0.05, 0.1) is 18.8 Å². The van der Waals surface area contributed by atoms with Crippen LogP contribution in [0.5, 0.6) is 11.5 Å². The summed E-state index contributed by atoms with van der Waals surface area (Å²) in [4.78, 5) is 48.6. The van der Waals surface area contributed by atoms with Crippen LogP contribution in [0.25, 0.3) is 0 Å². The molecular weight excluding hydrogens is 618 g/mol. The number of carbonyl (C=O) groups is 3. The molecule has 1 N–H and O–H groups in total. The molecule has 0 spiro atoms. The summed E-state index contributed by atoms with van der Waals surface area (Å²) in [7, 11) is 0. The van der Waals surface area contributed by atoms with Crippen LogP contribution in [0.2, 0.25) is 0 Å². The Morgan fingerprint density at radius 2 is 1.62 bits per heavy atom. The van der Waals surface area contributed by atoms with Crippen LogP contribution in [0, 0.1) is 5.92 Å². The summed E-state index contributed by atoms with van der Waals surface area (Å²) in [6.07, 6.45) is 13.6. The summed E-state index contributed by atoms with van der Waals surface area (Å²) in [6, 6.07) is 10.0. The second-order valence-corrected chi connectivity index (χ2v) is 14.0. The highest BCUT2D eigenvalue weighted by Gasteiger charge is 2.39. The van der Waals surface area contributed by atoms with E-state index < -0.39 is 12.7 Å². The van der Waals surface area contributed by atoms with E-state index in [-0.39, 0.29) is 53.8 Å². The van der Waals surface area contributed by atoms with Gasteiger partial charge in [0.15, 0.2) is 11.5 Å². The van der Waals surface area contributed by atoms with Crippen molar-refractivity contribution in [2.45, 2.75) is 128 Å². The molecular formula is C37H48F2N4O5. The van der Waals surface area contributed by atoms with Crippen molar-refractivity contribution in [2.24, 2.45) is 5.92 Å². The minimum atomic E-state index is -2.98. The predicted octanol–water partition coefficient (Wildman–Crippen LogP) is 6.60. The SMILES string of the molecule is CC(=O)N1CC(c2ccc(OC(F)F)c(OCC3CC3)c2)C[C@@H]1C(=O)NCc1cccc(C(=O)N(C2CCCCC2)C2CCCCC2)n1. The fraction of sp³-hybridized carbons (Fsp3) is 0.622. The highest BCUT2D eigenvalue weighted by atomic mass is 19.3. The van der Waals surface area contributed by atoms with Crippen LogP contribution >= 0.6 is 0 Å². The molecule has 1 aliphatic heterocycles. The van der Waals surface area contributed by atoms with Crippen LogP contribution in [0.4, 0.5) is 8.78 Å². The number of hydrogen-bond donors (Lipinski definition) is 1. The molecule has 2 aromatic rings.